The largest absolute Gasteiger partial charge is 0.481 e. The lowest BCUT2D eigenvalue weighted by atomic mass is 9.90. The molecule has 2 bridgehead atoms. The highest BCUT2D eigenvalue weighted by atomic mass is 35.5. The van der Waals surface area contributed by atoms with Crippen molar-refractivity contribution in [3.8, 4) is 0 Å². The number of rotatable bonds is 2. The maximum Gasteiger partial charge on any atom is 0.306 e. The van der Waals surface area contributed by atoms with Crippen LogP contribution in [0.1, 0.15) is 25.7 Å². The predicted molar refractivity (Wildman–Crippen MR) is 71.1 cm³/mol. The fraction of sp³-hybridized carbons (Fsp3) is 0.500. The van der Waals surface area contributed by atoms with E-state index in [1.165, 1.54) is 0 Å². The number of benzene rings is 1. The average molecular weight is 266 g/mol. The van der Waals surface area contributed by atoms with Crippen molar-refractivity contribution in [1.29, 1.82) is 0 Å². The summed E-state index contributed by atoms with van der Waals surface area (Å²) in [6.45, 7) is 0. The van der Waals surface area contributed by atoms with E-state index in [4.69, 9.17) is 16.7 Å². The smallest absolute Gasteiger partial charge is 0.306 e. The standard InChI is InChI=1S/C14H16ClNO2/c15-10-2-1-3-11(8-10)16-12-4-5-13(16)7-9(6-12)14(17)18/h1-3,8-9,12-13H,4-7H2,(H,17,18). The molecule has 0 saturated carbocycles. The summed E-state index contributed by atoms with van der Waals surface area (Å²) >= 11 is 6.04. The fourth-order valence-electron chi connectivity index (χ4n) is 3.44. The Labute approximate surface area is 111 Å². The lowest BCUT2D eigenvalue weighted by molar-refractivity contribution is -0.142. The number of hydrogen-bond donors (Lipinski definition) is 1. The number of piperidine rings is 1. The number of halogens is 1. The topological polar surface area (TPSA) is 40.5 Å². The molecule has 18 heavy (non-hydrogen) atoms. The summed E-state index contributed by atoms with van der Waals surface area (Å²) in [4.78, 5) is 13.5. The van der Waals surface area contributed by atoms with Gasteiger partial charge in [0.2, 0.25) is 0 Å². The molecule has 2 aliphatic heterocycles. The second-order valence-electron chi connectivity index (χ2n) is 5.28. The molecule has 4 heteroatoms. The van der Waals surface area contributed by atoms with Gasteiger partial charge in [-0.05, 0) is 43.9 Å². The van der Waals surface area contributed by atoms with Gasteiger partial charge in [-0.1, -0.05) is 17.7 Å². The van der Waals surface area contributed by atoms with Crippen LogP contribution in [0.15, 0.2) is 24.3 Å². The van der Waals surface area contributed by atoms with Crippen molar-refractivity contribution in [1.82, 2.24) is 0 Å². The molecule has 2 fully saturated rings. The van der Waals surface area contributed by atoms with Crippen LogP contribution >= 0.6 is 11.6 Å². The average Bonchev–Trinajstić information content (AvgIpc) is 2.59. The van der Waals surface area contributed by atoms with E-state index in [-0.39, 0.29) is 5.92 Å². The first-order valence-corrected chi connectivity index (χ1v) is 6.79. The molecule has 1 aromatic carbocycles. The number of carboxylic acid groups (broad SMARTS) is 1. The molecule has 1 aromatic rings. The van der Waals surface area contributed by atoms with Crippen LogP contribution in [0.25, 0.3) is 0 Å². The van der Waals surface area contributed by atoms with Crippen molar-refractivity contribution in [3.05, 3.63) is 29.3 Å². The van der Waals surface area contributed by atoms with Crippen LogP contribution in [-0.4, -0.2) is 23.2 Å². The van der Waals surface area contributed by atoms with Crippen LogP contribution in [0.4, 0.5) is 5.69 Å². The third-order valence-electron chi connectivity index (χ3n) is 4.19. The molecule has 0 spiro atoms. The number of anilines is 1. The Morgan fingerprint density at radius 2 is 1.94 bits per heavy atom. The minimum atomic E-state index is -0.641. The Hall–Kier alpha value is -1.22. The number of hydrogen-bond acceptors (Lipinski definition) is 2. The van der Waals surface area contributed by atoms with Crippen molar-refractivity contribution in [2.45, 2.75) is 37.8 Å². The molecule has 2 atom stereocenters. The molecule has 0 amide bonds. The third-order valence-corrected chi connectivity index (χ3v) is 4.42. The van der Waals surface area contributed by atoms with Crippen LogP contribution in [0.3, 0.4) is 0 Å². The maximum atomic E-state index is 11.1. The van der Waals surface area contributed by atoms with Gasteiger partial charge in [-0.25, -0.2) is 0 Å². The van der Waals surface area contributed by atoms with Gasteiger partial charge in [0.1, 0.15) is 0 Å². The minimum Gasteiger partial charge on any atom is -0.481 e. The van der Waals surface area contributed by atoms with Gasteiger partial charge in [-0.15, -0.1) is 0 Å². The normalized spacial score (nSPS) is 30.5. The van der Waals surface area contributed by atoms with Crippen molar-refractivity contribution in [2.75, 3.05) is 4.90 Å². The van der Waals surface area contributed by atoms with Gasteiger partial charge in [0, 0.05) is 22.8 Å². The van der Waals surface area contributed by atoms with Gasteiger partial charge in [0.15, 0.2) is 0 Å². The molecule has 2 aliphatic rings. The molecule has 2 unspecified atom stereocenters. The van der Waals surface area contributed by atoms with E-state index < -0.39 is 5.97 Å². The van der Waals surface area contributed by atoms with Crippen LogP contribution < -0.4 is 4.90 Å². The minimum absolute atomic E-state index is 0.169. The lowest BCUT2D eigenvalue weighted by Crippen LogP contribution is -2.44. The fourth-order valence-corrected chi connectivity index (χ4v) is 3.62. The van der Waals surface area contributed by atoms with Crippen molar-refractivity contribution in [3.63, 3.8) is 0 Å². The first kappa shape index (κ1) is 11.8. The molecule has 2 heterocycles. The monoisotopic (exact) mass is 265 g/mol. The maximum absolute atomic E-state index is 11.1. The summed E-state index contributed by atoms with van der Waals surface area (Å²) in [5.74, 6) is -0.810. The van der Waals surface area contributed by atoms with Crippen LogP contribution in [0, 0.1) is 5.92 Å². The number of fused-ring (bicyclic) bond motifs is 2. The summed E-state index contributed by atoms with van der Waals surface area (Å²) in [7, 11) is 0. The zero-order chi connectivity index (χ0) is 12.7. The van der Waals surface area contributed by atoms with E-state index in [1.54, 1.807) is 0 Å². The van der Waals surface area contributed by atoms with E-state index >= 15 is 0 Å². The molecule has 1 N–H and O–H groups in total. The Morgan fingerprint density at radius 1 is 1.28 bits per heavy atom. The van der Waals surface area contributed by atoms with Crippen LogP contribution in [0.5, 0.6) is 0 Å². The summed E-state index contributed by atoms with van der Waals surface area (Å²) < 4.78 is 0. The molecule has 96 valence electrons. The second kappa shape index (κ2) is 4.47. The lowest BCUT2D eigenvalue weighted by Gasteiger charge is -2.39. The summed E-state index contributed by atoms with van der Waals surface area (Å²) in [5.41, 5.74) is 1.14. The van der Waals surface area contributed by atoms with E-state index in [1.807, 2.05) is 18.2 Å². The third kappa shape index (κ3) is 1.97. The first-order chi connectivity index (χ1) is 8.65. The van der Waals surface area contributed by atoms with E-state index in [0.29, 0.717) is 12.1 Å². The number of carboxylic acids is 1. The molecule has 0 radical (unpaired) electrons. The van der Waals surface area contributed by atoms with Crippen LogP contribution in [0.2, 0.25) is 5.02 Å². The van der Waals surface area contributed by atoms with Gasteiger partial charge in [-0.3, -0.25) is 4.79 Å². The van der Waals surface area contributed by atoms with Gasteiger partial charge in [-0.2, -0.15) is 0 Å². The van der Waals surface area contributed by atoms with Crippen molar-refractivity contribution >= 4 is 23.3 Å². The zero-order valence-corrected chi connectivity index (χ0v) is 10.8. The first-order valence-electron chi connectivity index (χ1n) is 6.42. The molecular weight excluding hydrogens is 250 g/mol. The van der Waals surface area contributed by atoms with E-state index in [2.05, 4.69) is 11.0 Å². The predicted octanol–water partition coefficient (Wildman–Crippen LogP) is 3.17. The highest BCUT2D eigenvalue weighted by Gasteiger charge is 2.42. The van der Waals surface area contributed by atoms with Gasteiger partial charge < -0.3 is 10.0 Å². The quantitative estimate of drug-likeness (QED) is 0.893. The Morgan fingerprint density at radius 3 is 2.50 bits per heavy atom. The Kier molecular flexibility index (Phi) is 2.94. The Bertz CT molecular complexity index is 463. The highest BCUT2D eigenvalue weighted by molar-refractivity contribution is 6.30. The van der Waals surface area contributed by atoms with Crippen LogP contribution in [-0.2, 0) is 4.79 Å². The van der Waals surface area contributed by atoms with Gasteiger partial charge >= 0.3 is 5.97 Å². The molecule has 3 nitrogen and oxygen atoms in total. The van der Waals surface area contributed by atoms with Crippen molar-refractivity contribution < 1.29 is 9.90 Å². The van der Waals surface area contributed by atoms with Gasteiger partial charge in [0.25, 0.3) is 0 Å². The SMILES string of the molecule is O=C(O)C1CC2CCC(C1)N2c1cccc(Cl)c1. The summed E-state index contributed by atoms with van der Waals surface area (Å²) in [6.07, 6.45) is 3.72. The molecular formula is C14H16ClNO2. The number of carbonyl (C=O) groups is 1. The van der Waals surface area contributed by atoms with E-state index in [9.17, 15) is 4.79 Å². The van der Waals surface area contributed by atoms with E-state index in [0.717, 1.165) is 36.4 Å². The summed E-state index contributed by atoms with van der Waals surface area (Å²) in [6, 6.07) is 8.61. The zero-order valence-electron chi connectivity index (χ0n) is 10.1. The second-order valence-corrected chi connectivity index (χ2v) is 5.72. The Balaban J connectivity index is 1.86. The molecule has 0 aliphatic carbocycles. The summed E-state index contributed by atoms with van der Waals surface area (Å²) in [5, 5.41) is 9.91. The highest BCUT2D eigenvalue weighted by Crippen LogP contribution is 2.42. The molecule has 3 rings (SSSR count). The van der Waals surface area contributed by atoms with Crippen molar-refractivity contribution in [2.24, 2.45) is 5.92 Å². The number of nitrogens with zero attached hydrogens (tertiary/aromatic N) is 1. The molecule has 0 aromatic heterocycles. The van der Waals surface area contributed by atoms with Gasteiger partial charge in [0.05, 0.1) is 5.92 Å². The number of aliphatic carboxylic acids is 1. The molecule has 2 saturated heterocycles.